The van der Waals surface area contributed by atoms with Crippen molar-refractivity contribution in [2.24, 2.45) is 0 Å². The Morgan fingerprint density at radius 1 is 1.07 bits per heavy atom. The zero-order chi connectivity index (χ0) is 19.8. The molecule has 1 N–H and O–H groups in total. The SMILES string of the molecule is CC(OCC(O)CN(C)Cc1ccc(OC(F)F)cc1)c1ccc(Cl)cc1. The molecule has 0 aliphatic carbocycles. The summed E-state index contributed by atoms with van der Waals surface area (Å²) in [6, 6.07) is 13.8. The molecule has 0 saturated heterocycles. The highest BCUT2D eigenvalue weighted by atomic mass is 35.5. The van der Waals surface area contributed by atoms with E-state index in [9.17, 15) is 13.9 Å². The molecule has 27 heavy (non-hydrogen) atoms. The largest absolute Gasteiger partial charge is 0.435 e. The molecule has 2 unspecified atom stereocenters. The number of likely N-dealkylation sites (N-methyl/N-ethyl adjacent to an activating group) is 1. The van der Waals surface area contributed by atoms with Crippen molar-refractivity contribution in [3.05, 3.63) is 64.7 Å². The first-order valence-corrected chi connectivity index (χ1v) is 8.98. The van der Waals surface area contributed by atoms with Crippen LogP contribution in [0.5, 0.6) is 5.75 Å². The van der Waals surface area contributed by atoms with E-state index in [1.807, 2.05) is 31.0 Å². The first-order valence-electron chi connectivity index (χ1n) is 8.61. The summed E-state index contributed by atoms with van der Waals surface area (Å²) in [4.78, 5) is 1.93. The quantitative estimate of drug-likeness (QED) is 0.638. The van der Waals surface area contributed by atoms with Gasteiger partial charge in [0, 0.05) is 18.1 Å². The van der Waals surface area contributed by atoms with Crippen molar-refractivity contribution in [1.82, 2.24) is 4.90 Å². The molecule has 0 aliphatic rings. The van der Waals surface area contributed by atoms with Gasteiger partial charge >= 0.3 is 6.61 Å². The zero-order valence-electron chi connectivity index (χ0n) is 15.3. The van der Waals surface area contributed by atoms with Gasteiger partial charge in [-0.25, -0.2) is 0 Å². The minimum Gasteiger partial charge on any atom is -0.435 e. The standard InChI is InChI=1S/C20H24ClF2NO3/c1-14(16-5-7-17(21)8-6-16)26-13-18(25)12-24(2)11-15-3-9-19(10-4-15)27-20(22)23/h3-10,14,18,20,25H,11-13H2,1-2H3. The van der Waals surface area contributed by atoms with E-state index in [2.05, 4.69) is 4.74 Å². The van der Waals surface area contributed by atoms with Gasteiger partial charge in [0.15, 0.2) is 0 Å². The smallest absolute Gasteiger partial charge is 0.387 e. The second kappa shape index (κ2) is 10.6. The third-order valence-corrected chi connectivity index (χ3v) is 4.25. The summed E-state index contributed by atoms with van der Waals surface area (Å²) in [5, 5.41) is 10.9. The average molecular weight is 400 g/mol. The van der Waals surface area contributed by atoms with E-state index in [1.54, 1.807) is 24.3 Å². The van der Waals surface area contributed by atoms with E-state index in [0.29, 0.717) is 18.1 Å². The fourth-order valence-electron chi connectivity index (χ4n) is 2.65. The van der Waals surface area contributed by atoms with E-state index in [4.69, 9.17) is 16.3 Å². The first-order chi connectivity index (χ1) is 12.8. The molecule has 148 valence electrons. The molecule has 2 atom stereocenters. The molecular formula is C20H24ClF2NO3. The maximum Gasteiger partial charge on any atom is 0.387 e. The van der Waals surface area contributed by atoms with Crippen molar-refractivity contribution in [3.63, 3.8) is 0 Å². The lowest BCUT2D eigenvalue weighted by Crippen LogP contribution is -2.32. The summed E-state index contributed by atoms with van der Waals surface area (Å²) in [5.41, 5.74) is 1.92. The van der Waals surface area contributed by atoms with E-state index in [0.717, 1.165) is 11.1 Å². The van der Waals surface area contributed by atoms with Crippen LogP contribution in [0.25, 0.3) is 0 Å². The van der Waals surface area contributed by atoms with Crippen LogP contribution in [0.3, 0.4) is 0 Å². The Labute approximate surface area is 163 Å². The van der Waals surface area contributed by atoms with Crippen molar-refractivity contribution in [3.8, 4) is 5.75 Å². The molecule has 7 heteroatoms. The molecule has 2 aromatic rings. The fourth-order valence-corrected chi connectivity index (χ4v) is 2.78. The average Bonchev–Trinajstić information content (AvgIpc) is 2.61. The number of aliphatic hydroxyl groups excluding tert-OH is 1. The Morgan fingerprint density at radius 2 is 1.70 bits per heavy atom. The summed E-state index contributed by atoms with van der Waals surface area (Å²) in [5.74, 6) is 0.126. The van der Waals surface area contributed by atoms with Gasteiger partial charge in [-0.05, 0) is 49.4 Å². The maximum absolute atomic E-state index is 12.2. The van der Waals surface area contributed by atoms with Crippen LogP contribution in [-0.4, -0.2) is 42.9 Å². The number of ether oxygens (including phenoxy) is 2. The number of aliphatic hydroxyl groups is 1. The van der Waals surface area contributed by atoms with Crippen LogP contribution in [-0.2, 0) is 11.3 Å². The summed E-state index contributed by atoms with van der Waals surface area (Å²) < 4.78 is 34.4. The van der Waals surface area contributed by atoms with Gasteiger partial charge in [0.05, 0.1) is 18.8 Å². The summed E-state index contributed by atoms with van der Waals surface area (Å²) in [6.07, 6.45) is -0.796. The summed E-state index contributed by atoms with van der Waals surface area (Å²) >= 11 is 5.87. The predicted molar refractivity (Wildman–Crippen MR) is 101 cm³/mol. The molecule has 4 nitrogen and oxygen atoms in total. The summed E-state index contributed by atoms with van der Waals surface area (Å²) in [7, 11) is 1.87. The second-order valence-corrected chi connectivity index (χ2v) is 6.84. The third kappa shape index (κ3) is 7.81. The molecule has 0 heterocycles. The van der Waals surface area contributed by atoms with E-state index in [1.165, 1.54) is 12.1 Å². The zero-order valence-corrected chi connectivity index (χ0v) is 16.1. The lowest BCUT2D eigenvalue weighted by molar-refractivity contribution is -0.0498. The third-order valence-electron chi connectivity index (χ3n) is 4.00. The van der Waals surface area contributed by atoms with Gasteiger partial charge in [0.1, 0.15) is 5.75 Å². The molecule has 2 aromatic carbocycles. The fraction of sp³-hybridized carbons (Fsp3) is 0.400. The molecule has 0 amide bonds. The first kappa shape index (κ1) is 21.6. The van der Waals surface area contributed by atoms with Gasteiger partial charge in [-0.15, -0.1) is 0 Å². The number of hydrogen-bond donors (Lipinski definition) is 1. The number of hydrogen-bond acceptors (Lipinski definition) is 4. The molecular weight excluding hydrogens is 376 g/mol. The van der Waals surface area contributed by atoms with Gasteiger partial charge in [0.25, 0.3) is 0 Å². The Kier molecular flexibility index (Phi) is 8.44. The van der Waals surface area contributed by atoms with Gasteiger partial charge in [-0.2, -0.15) is 8.78 Å². The van der Waals surface area contributed by atoms with Crippen LogP contribution >= 0.6 is 11.6 Å². The topological polar surface area (TPSA) is 41.9 Å². The molecule has 0 aromatic heterocycles. The number of rotatable bonds is 10. The van der Waals surface area contributed by atoms with E-state index < -0.39 is 12.7 Å². The van der Waals surface area contributed by atoms with Crippen LogP contribution in [0.1, 0.15) is 24.2 Å². The van der Waals surface area contributed by atoms with Gasteiger partial charge in [-0.3, -0.25) is 4.90 Å². The predicted octanol–water partition coefficient (Wildman–Crippen LogP) is 4.51. The highest BCUT2D eigenvalue weighted by Crippen LogP contribution is 2.19. The molecule has 0 fully saturated rings. The van der Waals surface area contributed by atoms with Crippen molar-refractivity contribution >= 4 is 11.6 Å². The van der Waals surface area contributed by atoms with Crippen LogP contribution in [0.2, 0.25) is 5.02 Å². The van der Waals surface area contributed by atoms with Gasteiger partial charge < -0.3 is 14.6 Å². The van der Waals surface area contributed by atoms with Crippen LogP contribution in [0.4, 0.5) is 8.78 Å². The number of benzene rings is 2. The molecule has 2 rings (SSSR count). The van der Waals surface area contributed by atoms with Crippen molar-refractivity contribution in [2.45, 2.75) is 32.3 Å². The van der Waals surface area contributed by atoms with Gasteiger partial charge in [0.2, 0.25) is 0 Å². The lowest BCUT2D eigenvalue weighted by atomic mass is 10.1. The second-order valence-electron chi connectivity index (χ2n) is 6.40. The van der Waals surface area contributed by atoms with Crippen molar-refractivity contribution < 1.29 is 23.4 Å². The number of alkyl halides is 2. The Morgan fingerprint density at radius 3 is 2.30 bits per heavy atom. The Bertz CT molecular complexity index is 683. The minimum absolute atomic E-state index is 0.126. The lowest BCUT2D eigenvalue weighted by Gasteiger charge is -2.22. The van der Waals surface area contributed by atoms with Crippen LogP contribution in [0, 0.1) is 0 Å². The Hall–Kier alpha value is -1.73. The van der Waals surface area contributed by atoms with Crippen LogP contribution in [0.15, 0.2) is 48.5 Å². The number of halogens is 3. The summed E-state index contributed by atoms with van der Waals surface area (Å²) in [6.45, 7) is 0.281. The highest BCUT2D eigenvalue weighted by molar-refractivity contribution is 6.30. The molecule has 0 aliphatic heterocycles. The van der Waals surface area contributed by atoms with E-state index in [-0.39, 0.29) is 18.5 Å². The number of nitrogens with zero attached hydrogens (tertiary/aromatic N) is 1. The minimum atomic E-state index is -2.83. The molecule has 0 radical (unpaired) electrons. The van der Waals surface area contributed by atoms with Crippen LogP contribution < -0.4 is 4.74 Å². The van der Waals surface area contributed by atoms with Crippen molar-refractivity contribution in [2.75, 3.05) is 20.2 Å². The molecule has 0 bridgehead atoms. The molecule has 0 spiro atoms. The maximum atomic E-state index is 12.2. The van der Waals surface area contributed by atoms with Gasteiger partial charge in [-0.1, -0.05) is 35.9 Å². The molecule has 0 saturated carbocycles. The Balaban J connectivity index is 1.74. The van der Waals surface area contributed by atoms with Crippen molar-refractivity contribution in [1.29, 1.82) is 0 Å². The van der Waals surface area contributed by atoms with E-state index >= 15 is 0 Å². The monoisotopic (exact) mass is 399 g/mol. The normalized spacial score (nSPS) is 13.8. The highest BCUT2D eigenvalue weighted by Gasteiger charge is 2.13.